The highest BCUT2D eigenvalue weighted by molar-refractivity contribution is 5.82. The predicted octanol–water partition coefficient (Wildman–Crippen LogP) is 2.02. The van der Waals surface area contributed by atoms with Gasteiger partial charge in [-0.1, -0.05) is 13.3 Å². The molecule has 2 bridgehead atoms. The van der Waals surface area contributed by atoms with Crippen LogP contribution in [0.1, 0.15) is 45.4 Å². The third-order valence-electron chi connectivity index (χ3n) is 5.32. The summed E-state index contributed by atoms with van der Waals surface area (Å²) in [5, 5.41) is 3.33. The molecule has 0 aromatic rings. The van der Waals surface area contributed by atoms with Gasteiger partial charge in [0, 0.05) is 13.1 Å². The minimum Gasteiger partial charge on any atom is -0.341 e. The molecule has 1 amide bonds. The van der Waals surface area contributed by atoms with Gasteiger partial charge in [-0.15, -0.1) is 0 Å². The van der Waals surface area contributed by atoms with Gasteiger partial charge in [-0.25, -0.2) is 0 Å². The van der Waals surface area contributed by atoms with Gasteiger partial charge < -0.3 is 10.2 Å². The first-order valence-corrected chi connectivity index (χ1v) is 7.80. The molecule has 1 heterocycles. The SMILES string of the molecule is CCNC1CCCN(CC2CC3CCC2C3)C1=O. The molecule has 18 heavy (non-hydrogen) atoms. The molecule has 0 aromatic carbocycles. The molecule has 3 aliphatic rings. The van der Waals surface area contributed by atoms with Crippen LogP contribution >= 0.6 is 0 Å². The molecule has 0 spiro atoms. The highest BCUT2D eigenvalue weighted by Gasteiger charge is 2.41. The van der Waals surface area contributed by atoms with Crippen molar-refractivity contribution in [1.29, 1.82) is 0 Å². The highest BCUT2D eigenvalue weighted by Crippen LogP contribution is 2.48. The van der Waals surface area contributed by atoms with E-state index in [2.05, 4.69) is 17.1 Å². The molecule has 2 aliphatic carbocycles. The first-order valence-electron chi connectivity index (χ1n) is 7.80. The number of hydrogen-bond donors (Lipinski definition) is 1. The fourth-order valence-electron chi connectivity index (χ4n) is 4.44. The standard InChI is InChI=1S/C15H26N2O/c1-2-16-14-4-3-7-17(15(14)18)10-13-9-11-5-6-12(13)8-11/h11-14,16H,2-10H2,1H3. The maximum absolute atomic E-state index is 12.4. The number of likely N-dealkylation sites (tertiary alicyclic amines) is 1. The van der Waals surface area contributed by atoms with Crippen LogP contribution in [0.15, 0.2) is 0 Å². The van der Waals surface area contributed by atoms with E-state index in [9.17, 15) is 4.79 Å². The molecule has 1 aliphatic heterocycles. The smallest absolute Gasteiger partial charge is 0.239 e. The summed E-state index contributed by atoms with van der Waals surface area (Å²) in [5.74, 6) is 3.10. The van der Waals surface area contributed by atoms with E-state index in [4.69, 9.17) is 0 Å². The summed E-state index contributed by atoms with van der Waals surface area (Å²) in [5.41, 5.74) is 0. The molecular weight excluding hydrogens is 224 g/mol. The average molecular weight is 250 g/mol. The Balaban J connectivity index is 1.57. The summed E-state index contributed by atoms with van der Waals surface area (Å²) < 4.78 is 0. The Labute approximate surface area is 110 Å². The molecule has 3 nitrogen and oxygen atoms in total. The van der Waals surface area contributed by atoms with Crippen molar-refractivity contribution in [3.05, 3.63) is 0 Å². The quantitative estimate of drug-likeness (QED) is 0.828. The van der Waals surface area contributed by atoms with Crippen LogP contribution in [0.3, 0.4) is 0 Å². The van der Waals surface area contributed by atoms with Crippen LogP contribution in [-0.2, 0) is 4.79 Å². The van der Waals surface area contributed by atoms with Crippen LogP contribution < -0.4 is 5.32 Å². The van der Waals surface area contributed by atoms with E-state index in [-0.39, 0.29) is 6.04 Å². The third-order valence-corrected chi connectivity index (χ3v) is 5.32. The summed E-state index contributed by atoms with van der Waals surface area (Å²) in [6, 6.07) is 0.0994. The lowest BCUT2D eigenvalue weighted by atomic mass is 9.88. The third kappa shape index (κ3) is 2.29. The Morgan fingerprint density at radius 3 is 2.83 bits per heavy atom. The van der Waals surface area contributed by atoms with Crippen molar-refractivity contribution in [2.24, 2.45) is 17.8 Å². The van der Waals surface area contributed by atoms with Crippen LogP contribution in [-0.4, -0.2) is 36.5 Å². The normalized spacial score (nSPS) is 39.6. The van der Waals surface area contributed by atoms with E-state index in [0.717, 1.165) is 43.8 Å². The Hall–Kier alpha value is -0.570. The van der Waals surface area contributed by atoms with Crippen LogP contribution in [0, 0.1) is 17.8 Å². The van der Waals surface area contributed by atoms with E-state index >= 15 is 0 Å². The lowest BCUT2D eigenvalue weighted by Crippen LogP contribution is -2.52. The average Bonchev–Trinajstić information content (AvgIpc) is 2.96. The van der Waals surface area contributed by atoms with E-state index in [1.807, 2.05) is 0 Å². The zero-order valence-corrected chi connectivity index (χ0v) is 11.5. The Kier molecular flexibility index (Phi) is 3.60. The van der Waals surface area contributed by atoms with Crippen LogP contribution in [0.2, 0.25) is 0 Å². The van der Waals surface area contributed by atoms with Crippen molar-refractivity contribution in [3.63, 3.8) is 0 Å². The number of rotatable bonds is 4. The van der Waals surface area contributed by atoms with Gasteiger partial charge in [0.15, 0.2) is 0 Å². The molecule has 3 fully saturated rings. The van der Waals surface area contributed by atoms with Gasteiger partial charge in [0.2, 0.25) is 5.91 Å². The molecule has 1 saturated heterocycles. The van der Waals surface area contributed by atoms with Crippen LogP contribution in [0.5, 0.6) is 0 Å². The van der Waals surface area contributed by atoms with Crippen LogP contribution in [0.25, 0.3) is 0 Å². The van der Waals surface area contributed by atoms with E-state index < -0.39 is 0 Å². The number of carbonyl (C=O) groups is 1. The fourth-order valence-corrected chi connectivity index (χ4v) is 4.44. The Morgan fingerprint density at radius 2 is 2.17 bits per heavy atom. The Morgan fingerprint density at radius 1 is 1.28 bits per heavy atom. The van der Waals surface area contributed by atoms with Gasteiger partial charge in [0.1, 0.15) is 0 Å². The van der Waals surface area contributed by atoms with Crippen molar-refractivity contribution in [3.8, 4) is 0 Å². The molecule has 4 atom stereocenters. The van der Waals surface area contributed by atoms with Gasteiger partial charge >= 0.3 is 0 Å². The van der Waals surface area contributed by atoms with Crippen molar-refractivity contribution >= 4 is 5.91 Å². The number of carbonyl (C=O) groups excluding carboxylic acids is 1. The molecule has 2 saturated carbocycles. The van der Waals surface area contributed by atoms with Gasteiger partial charge in [-0.2, -0.15) is 0 Å². The lowest BCUT2D eigenvalue weighted by molar-refractivity contribution is -0.136. The van der Waals surface area contributed by atoms with E-state index in [0.29, 0.717) is 5.91 Å². The van der Waals surface area contributed by atoms with E-state index in [1.54, 1.807) is 0 Å². The second-order valence-electron chi connectivity index (χ2n) is 6.47. The van der Waals surface area contributed by atoms with Crippen molar-refractivity contribution in [2.45, 2.75) is 51.5 Å². The molecule has 4 unspecified atom stereocenters. The number of fused-ring (bicyclic) bond motifs is 2. The molecule has 102 valence electrons. The van der Waals surface area contributed by atoms with Crippen molar-refractivity contribution < 1.29 is 4.79 Å². The molecule has 1 N–H and O–H groups in total. The number of likely N-dealkylation sites (N-methyl/N-ethyl adjacent to an activating group) is 1. The zero-order valence-electron chi connectivity index (χ0n) is 11.5. The first kappa shape index (κ1) is 12.5. The number of amides is 1. The van der Waals surface area contributed by atoms with Gasteiger partial charge in [-0.3, -0.25) is 4.79 Å². The van der Waals surface area contributed by atoms with Gasteiger partial charge in [0.05, 0.1) is 6.04 Å². The summed E-state index contributed by atoms with van der Waals surface area (Å²) in [6.07, 6.45) is 7.91. The van der Waals surface area contributed by atoms with Crippen LogP contribution in [0.4, 0.5) is 0 Å². The number of hydrogen-bond acceptors (Lipinski definition) is 2. The number of nitrogens with zero attached hydrogens (tertiary/aromatic N) is 1. The monoisotopic (exact) mass is 250 g/mol. The minimum atomic E-state index is 0.0994. The second kappa shape index (κ2) is 5.20. The molecule has 0 aromatic heterocycles. The fraction of sp³-hybridized carbons (Fsp3) is 0.933. The summed E-state index contributed by atoms with van der Waals surface area (Å²) in [4.78, 5) is 14.5. The largest absolute Gasteiger partial charge is 0.341 e. The second-order valence-corrected chi connectivity index (χ2v) is 6.47. The summed E-state index contributed by atoms with van der Waals surface area (Å²) in [6.45, 7) is 5.02. The van der Waals surface area contributed by atoms with Gasteiger partial charge in [-0.05, 0) is 56.4 Å². The van der Waals surface area contributed by atoms with Crippen molar-refractivity contribution in [2.75, 3.05) is 19.6 Å². The molecule has 0 radical (unpaired) electrons. The molecule has 3 rings (SSSR count). The van der Waals surface area contributed by atoms with Crippen molar-refractivity contribution in [1.82, 2.24) is 10.2 Å². The predicted molar refractivity (Wildman–Crippen MR) is 72.2 cm³/mol. The van der Waals surface area contributed by atoms with E-state index in [1.165, 1.54) is 32.1 Å². The summed E-state index contributed by atoms with van der Waals surface area (Å²) >= 11 is 0. The number of piperidine rings is 1. The minimum absolute atomic E-state index is 0.0994. The first-order chi connectivity index (χ1) is 8.78. The highest BCUT2D eigenvalue weighted by atomic mass is 16.2. The zero-order chi connectivity index (χ0) is 12.5. The van der Waals surface area contributed by atoms with Gasteiger partial charge in [0.25, 0.3) is 0 Å². The maximum atomic E-state index is 12.4. The number of nitrogens with one attached hydrogen (secondary N) is 1. The summed E-state index contributed by atoms with van der Waals surface area (Å²) in [7, 11) is 0. The molecule has 3 heteroatoms. The Bertz CT molecular complexity index is 316. The molecular formula is C15H26N2O. The lowest BCUT2D eigenvalue weighted by Gasteiger charge is -2.36. The maximum Gasteiger partial charge on any atom is 0.239 e. The topological polar surface area (TPSA) is 32.3 Å².